The van der Waals surface area contributed by atoms with Gasteiger partial charge in [0, 0.05) is 17.0 Å². The van der Waals surface area contributed by atoms with Gasteiger partial charge in [-0.1, -0.05) is 18.2 Å². The molecule has 8 heteroatoms. The van der Waals surface area contributed by atoms with Crippen LogP contribution in [0.2, 0.25) is 0 Å². The Morgan fingerprint density at radius 2 is 1.62 bits per heavy atom. The first-order valence-electron chi connectivity index (χ1n) is 10.9. The molecule has 174 valence electrons. The summed E-state index contributed by atoms with van der Waals surface area (Å²) in [6.07, 6.45) is 0.131. The Balaban J connectivity index is 1.31. The number of rotatable bonds is 9. The van der Waals surface area contributed by atoms with Gasteiger partial charge in [0.05, 0.1) is 17.5 Å². The maximum absolute atomic E-state index is 12.9. The minimum Gasteiger partial charge on any atom is -0.494 e. The summed E-state index contributed by atoms with van der Waals surface area (Å²) < 4.78 is 10.9. The van der Waals surface area contributed by atoms with Crippen LogP contribution >= 0.6 is 11.8 Å². The quantitative estimate of drug-likeness (QED) is 0.457. The number of ether oxygens (including phenoxy) is 2. The van der Waals surface area contributed by atoms with Gasteiger partial charge in [0.1, 0.15) is 11.5 Å². The average Bonchev–Trinajstić information content (AvgIpc) is 3.13. The number of nitrogens with zero attached hydrogens (tertiary/aromatic N) is 1. The van der Waals surface area contributed by atoms with Crippen molar-refractivity contribution < 1.29 is 23.9 Å². The molecule has 0 saturated carbocycles. The number of amides is 3. The summed E-state index contributed by atoms with van der Waals surface area (Å²) in [5, 5.41) is 2.28. The van der Waals surface area contributed by atoms with E-state index >= 15 is 0 Å². The lowest BCUT2D eigenvalue weighted by molar-refractivity contribution is -0.121. The fourth-order valence-corrected chi connectivity index (χ4v) is 4.52. The van der Waals surface area contributed by atoms with Crippen molar-refractivity contribution in [3.05, 3.63) is 78.9 Å². The molecule has 3 amide bonds. The first kappa shape index (κ1) is 23.4. The molecule has 3 aromatic rings. The van der Waals surface area contributed by atoms with E-state index in [1.54, 1.807) is 48.5 Å². The Bertz CT molecular complexity index is 1150. The van der Waals surface area contributed by atoms with Gasteiger partial charge in [-0.15, -0.1) is 11.8 Å². The fourth-order valence-electron chi connectivity index (χ4n) is 3.47. The van der Waals surface area contributed by atoms with E-state index in [2.05, 4.69) is 5.32 Å². The molecule has 1 fully saturated rings. The van der Waals surface area contributed by atoms with Gasteiger partial charge in [-0.3, -0.25) is 14.4 Å². The number of hydrogen-bond donors (Lipinski definition) is 1. The second kappa shape index (κ2) is 10.9. The highest BCUT2D eigenvalue weighted by Crippen LogP contribution is 2.34. The summed E-state index contributed by atoms with van der Waals surface area (Å²) in [6.45, 7) is 2.34. The van der Waals surface area contributed by atoms with Crippen molar-refractivity contribution in [3.8, 4) is 11.5 Å². The lowest BCUT2D eigenvalue weighted by atomic mass is 10.3. The Morgan fingerprint density at radius 3 is 2.29 bits per heavy atom. The normalized spacial score (nSPS) is 15.3. The molecule has 1 unspecified atom stereocenters. The van der Waals surface area contributed by atoms with Crippen LogP contribution in [-0.4, -0.2) is 36.2 Å². The second-order valence-electron chi connectivity index (χ2n) is 7.48. The molecule has 34 heavy (non-hydrogen) atoms. The Labute approximate surface area is 202 Å². The van der Waals surface area contributed by atoms with Crippen molar-refractivity contribution in [2.75, 3.05) is 23.4 Å². The number of imide groups is 1. The Morgan fingerprint density at radius 1 is 0.941 bits per heavy atom. The maximum atomic E-state index is 12.9. The van der Waals surface area contributed by atoms with E-state index in [0.717, 1.165) is 4.90 Å². The van der Waals surface area contributed by atoms with Gasteiger partial charge in [-0.2, -0.15) is 0 Å². The van der Waals surface area contributed by atoms with Crippen LogP contribution in [0.1, 0.15) is 13.3 Å². The van der Waals surface area contributed by atoms with E-state index < -0.39 is 5.25 Å². The number of para-hydroxylation sites is 1. The standard InChI is InChI=1S/C26H24N2O5S/c1-2-32-21-12-10-19(11-13-21)28-25(30)16-23(26(28)31)34-22-14-8-18(9-15-22)27-24(29)17-33-20-6-4-3-5-7-20/h3-15,23H,2,16-17H2,1H3,(H,27,29). The molecule has 1 saturated heterocycles. The van der Waals surface area contributed by atoms with Gasteiger partial charge in [0.15, 0.2) is 6.61 Å². The summed E-state index contributed by atoms with van der Waals surface area (Å²) in [5.41, 5.74) is 1.16. The molecule has 1 aliphatic heterocycles. The summed E-state index contributed by atoms with van der Waals surface area (Å²) in [4.78, 5) is 39.6. The van der Waals surface area contributed by atoms with E-state index in [1.165, 1.54) is 16.7 Å². The van der Waals surface area contributed by atoms with Crippen LogP contribution in [0.5, 0.6) is 11.5 Å². The molecule has 0 bridgehead atoms. The van der Waals surface area contributed by atoms with Crippen LogP contribution in [0, 0.1) is 0 Å². The van der Waals surface area contributed by atoms with Crippen molar-refractivity contribution in [2.24, 2.45) is 0 Å². The topological polar surface area (TPSA) is 84.9 Å². The third-order valence-corrected chi connectivity index (χ3v) is 6.24. The maximum Gasteiger partial charge on any atom is 0.262 e. The van der Waals surface area contributed by atoms with E-state index in [9.17, 15) is 14.4 Å². The number of benzene rings is 3. The number of nitrogens with one attached hydrogen (secondary N) is 1. The van der Waals surface area contributed by atoms with Crippen molar-refractivity contribution in [2.45, 2.75) is 23.5 Å². The van der Waals surface area contributed by atoms with Crippen LogP contribution < -0.4 is 19.7 Å². The molecule has 4 rings (SSSR count). The van der Waals surface area contributed by atoms with Gasteiger partial charge in [-0.25, -0.2) is 4.90 Å². The van der Waals surface area contributed by atoms with E-state index in [-0.39, 0.29) is 30.7 Å². The van der Waals surface area contributed by atoms with Gasteiger partial charge in [0.25, 0.3) is 5.91 Å². The number of carbonyl (C=O) groups excluding carboxylic acids is 3. The van der Waals surface area contributed by atoms with Crippen molar-refractivity contribution in [1.29, 1.82) is 0 Å². The fraction of sp³-hybridized carbons (Fsp3) is 0.192. The van der Waals surface area contributed by atoms with Crippen LogP contribution in [-0.2, 0) is 14.4 Å². The van der Waals surface area contributed by atoms with Crippen LogP contribution in [0.15, 0.2) is 83.8 Å². The highest BCUT2D eigenvalue weighted by molar-refractivity contribution is 8.00. The molecule has 1 heterocycles. The van der Waals surface area contributed by atoms with Crippen molar-refractivity contribution in [3.63, 3.8) is 0 Å². The zero-order valence-corrected chi connectivity index (χ0v) is 19.4. The molecule has 3 aromatic carbocycles. The SMILES string of the molecule is CCOc1ccc(N2C(=O)CC(Sc3ccc(NC(=O)COc4ccccc4)cc3)C2=O)cc1. The predicted molar refractivity (Wildman–Crippen MR) is 131 cm³/mol. The molecule has 1 aliphatic rings. The summed E-state index contributed by atoms with van der Waals surface area (Å²) in [6, 6.07) is 23.2. The van der Waals surface area contributed by atoms with E-state index in [0.29, 0.717) is 29.5 Å². The molecule has 0 radical (unpaired) electrons. The highest BCUT2D eigenvalue weighted by Gasteiger charge is 2.40. The molecular weight excluding hydrogens is 452 g/mol. The number of thioether (sulfide) groups is 1. The predicted octanol–water partition coefficient (Wildman–Crippen LogP) is 4.53. The third-order valence-electron chi connectivity index (χ3n) is 5.04. The average molecular weight is 477 g/mol. The lowest BCUT2D eigenvalue weighted by Crippen LogP contribution is -2.31. The zero-order chi connectivity index (χ0) is 23.9. The molecule has 0 spiro atoms. The summed E-state index contributed by atoms with van der Waals surface area (Å²) >= 11 is 1.33. The minimum absolute atomic E-state index is 0.0966. The molecular formula is C26H24N2O5S. The first-order chi connectivity index (χ1) is 16.5. The number of carbonyl (C=O) groups is 3. The summed E-state index contributed by atoms with van der Waals surface area (Å²) in [7, 11) is 0. The van der Waals surface area contributed by atoms with Crippen molar-refractivity contribution in [1.82, 2.24) is 0 Å². The molecule has 1 atom stereocenters. The second-order valence-corrected chi connectivity index (χ2v) is 8.76. The molecule has 1 N–H and O–H groups in total. The van der Waals surface area contributed by atoms with Gasteiger partial charge >= 0.3 is 0 Å². The largest absolute Gasteiger partial charge is 0.494 e. The molecule has 0 aromatic heterocycles. The molecule has 7 nitrogen and oxygen atoms in total. The van der Waals surface area contributed by atoms with E-state index in [1.807, 2.05) is 37.3 Å². The Kier molecular flexibility index (Phi) is 7.49. The van der Waals surface area contributed by atoms with Crippen LogP contribution in [0.4, 0.5) is 11.4 Å². The first-order valence-corrected chi connectivity index (χ1v) is 11.8. The zero-order valence-electron chi connectivity index (χ0n) is 18.6. The molecule has 0 aliphatic carbocycles. The van der Waals surface area contributed by atoms with Crippen LogP contribution in [0.3, 0.4) is 0 Å². The smallest absolute Gasteiger partial charge is 0.262 e. The van der Waals surface area contributed by atoms with Gasteiger partial charge < -0.3 is 14.8 Å². The van der Waals surface area contributed by atoms with E-state index in [4.69, 9.17) is 9.47 Å². The Hall–Kier alpha value is -3.78. The summed E-state index contributed by atoms with van der Waals surface area (Å²) in [5.74, 6) is 0.574. The van der Waals surface area contributed by atoms with Gasteiger partial charge in [-0.05, 0) is 67.6 Å². The number of anilines is 2. The van der Waals surface area contributed by atoms with Gasteiger partial charge in [0.2, 0.25) is 11.8 Å². The number of hydrogen-bond acceptors (Lipinski definition) is 6. The lowest BCUT2D eigenvalue weighted by Gasteiger charge is -2.15. The minimum atomic E-state index is -0.501. The van der Waals surface area contributed by atoms with Crippen molar-refractivity contribution >= 4 is 40.9 Å². The monoisotopic (exact) mass is 476 g/mol. The van der Waals surface area contributed by atoms with Crippen LogP contribution in [0.25, 0.3) is 0 Å². The third kappa shape index (κ3) is 5.77. The highest BCUT2D eigenvalue weighted by atomic mass is 32.2.